The van der Waals surface area contributed by atoms with E-state index in [0.717, 1.165) is 53.8 Å². The second-order valence-electron chi connectivity index (χ2n) is 8.53. The number of aromatic nitrogens is 5. The molecule has 31 heavy (non-hydrogen) atoms. The molecule has 0 amide bonds. The van der Waals surface area contributed by atoms with Gasteiger partial charge in [0, 0.05) is 11.7 Å². The molecule has 5 aromatic rings. The third-order valence-electron chi connectivity index (χ3n) is 6.43. The van der Waals surface area contributed by atoms with Gasteiger partial charge in [-0.15, -0.1) is 0 Å². The maximum absolute atomic E-state index is 13.8. The van der Waals surface area contributed by atoms with E-state index in [1.807, 2.05) is 52.5 Å². The van der Waals surface area contributed by atoms with Gasteiger partial charge in [-0.1, -0.05) is 37.1 Å². The summed E-state index contributed by atoms with van der Waals surface area (Å²) in [5.41, 5.74) is 5.59. The lowest BCUT2D eigenvalue weighted by atomic mass is 10.2. The van der Waals surface area contributed by atoms with Gasteiger partial charge in [0.2, 0.25) is 0 Å². The molecule has 0 atom stereocenters. The van der Waals surface area contributed by atoms with Crippen molar-refractivity contribution in [3.63, 3.8) is 0 Å². The maximum Gasteiger partial charge on any atom is 0.265 e. The molecule has 1 aliphatic rings. The third kappa shape index (κ3) is 2.71. The summed E-state index contributed by atoms with van der Waals surface area (Å²) in [6.07, 6.45) is 4.37. The fraction of sp³-hybridized carbons (Fsp3) is 0.280. The molecule has 0 radical (unpaired) electrons. The average molecular weight is 409 g/mol. The zero-order chi connectivity index (χ0) is 21.1. The van der Waals surface area contributed by atoms with Crippen molar-refractivity contribution in [2.45, 2.75) is 45.6 Å². The van der Waals surface area contributed by atoms with E-state index in [4.69, 9.17) is 15.0 Å². The lowest BCUT2D eigenvalue weighted by Gasteiger charge is -2.16. The van der Waals surface area contributed by atoms with Crippen LogP contribution in [0, 0.1) is 13.8 Å². The molecule has 3 heterocycles. The minimum atomic E-state index is -0.00427. The smallest absolute Gasteiger partial charge is 0.265 e. The maximum atomic E-state index is 13.8. The van der Waals surface area contributed by atoms with Gasteiger partial charge in [-0.2, -0.15) is 0 Å². The lowest BCUT2D eigenvalue weighted by molar-refractivity contribution is 0.485. The van der Waals surface area contributed by atoms with Crippen LogP contribution in [0.5, 0.6) is 0 Å². The van der Waals surface area contributed by atoms with Crippen LogP contribution in [-0.2, 0) is 0 Å². The molecule has 0 bridgehead atoms. The van der Waals surface area contributed by atoms with Crippen molar-refractivity contribution in [3.05, 3.63) is 70.3 Å². The zero-order valence-corrected chi connectivity index (χ0v) is 17.7. The first-order valence-electron chi connectivity index (χ1n) is 10.9. The van der Waals surface area contributed by atoms with E-state index < -0.39 is 0 Å². The van der Waals surface area contributed by atoms with Crippen LogP contribution >= 0.6 is 0 Å². The van der Waals surface area contributed by atoms with Crippen molar-refractivity contribution < 1.29 is 0 Å². The molecule has 0 unspecified atom stereocenters. The number of aryl methyl sites for hydroxylation is 2. The van der Waals surface area contributed by atoms with Gasteiger partial charge in [0.05, 0.1) is 11.0 Å². The Bertz CT molecular complexity index is 1540. The van der Waals surface area contributed by atoms with Crippen LogP contribution in [0.1, 0.15) is 43.1 Å². The number of fused-ring (bicyclic) bond motifs is 4. The summed E-state index contributed by atoms with van der Waals surface area (Å²) in [4.78, 5) is 28.6. The van der Waals surface area contributed by atoms with Gasteiger partial charge in [-0.25, -0.2) is 15.0 Å². The van der Waals surface area contributed by atoms with E-state index in [1.165, 1.54) is 0 Å². The van der Waals surface area contributed by atoms with E-state index >= 15 is 0 Å². The molecule has 1 fully saturated rings. The minimum absolute atomic E-state index is 0.00427. The number of para-hydroxylation sites is 2. The first kappa shape index (κ1) is 18.2. The van der Waals surface area contributed by atoms with Gasteiger partial charge in [-0.05, 0) is 56.5 Å². The van der Waals surface area contributed by atoms with Crippen LogP contribution in [0.4, 0.5) is 0 Å². The molecule has 0 spiro atoms. The largest absolute Gasteiger partial charge is 0.293 e. The molecule has 154 valence electrons. The first-order valence-corrected chi connectivity index (χ1v) is 10.9. The van der Waals surface area contributed by atoms with Gasteiger partial charge in [-0.3, -0.25) is 13.9 Å². The molecule has 0 saturated heterocycles. The van der Waals surface area contributed by atoms with Crippen molar-refractivity contribution in [2.75, 3.05) is 0 Å². The van der Waals surface area contributed by atoms with Gasteiger partial charge in [0.15, 0.2) is 11.3 Å². The highest BCUT2D eigenvalue weighted by Gasteiger charge is 2.26. The summed E-state index contributed by atoms with van der Waals surface area (Å²) >= 11 is 0. The third-order valence-corrected chi connectivity index (χ3v) is 6.43. The molecule has 0 aliphatic heterocycles. The Labute approximate surface area is 179 Å². The van der Waals surface area contributed by atoms with Crippen LogP contribution in [0.15, 0.2) is 53.3 Å². The van der Waals surface area contributed by atoms with Crippen molar-refractivity contribution in [1.29, 1.82) is 0 Å². The van der Waals surface area contributed by atoms with Crippen LogP contribution in [0.25, 0.3) is 38.9 Å². The molecule has 6 heteroatoms. The van der Waals surface area contributed by atoms with E-state index in [9.17, 15) is 4.79 Å². The SMILES string of the molecule is Cc1cccc(-n2c3nc4ccccc4nc3c3c(=O)n(C4CCCC4)c(C)nc32)c1. The molecule has 2 aromatic carbocycles. The highest BCUT2D eigenvalue weighted by Crippen LogP contribution is 2.32. The molecule has 6 rings (SSSR count). The Morgan fingerprint density at radius 3 is 2.35 bits per heavy atom. The second-order valence-corrected chi connectivity index (χ2v) is 8.53. The van der Waals surface area contributed by atoms with Gasteiger partial charge in [0.25, 0.3) is 5.56 Å². The second kappa shape index (κ2) is 6.74. The summed E-state index contributed by atoms with van der Waals surface area (Å²) in [5, 5.41) is 0.562. The van der Waals surface area contributed by atoms with E-state index in [-0.39, 0.29) is 11.6 Å². The van der Waals surface area contributed by atoms with E-state index in [1.54, 1.807) is 0 Å². The lowest BCUT2D eigenvalue weighted by Crippen LogP contribution is -2.27. The summed E-state index contributed by atoms with van der Waals surface area (Å²) < 4.78 is 3.89. The van der Waals surface area contributed by atoms with Gasteiger partial charge >= 0.3 is 0 Å². The van der Waals surface area contributed by atoms with Crippen LogP contribution < -0.4 is 5.56 Å². The standard InChI is InChI=1S/C25H23N5O/c1-15-8-7-11-18(14-15)30-23-21(22-24(30)28-20-13-6-5-12-19(20)27-22)25(31)29(16(2)26-23)17-9-3-4-10-17/h5-8,11-14,17H,3-4,9-10H2,1-2H3. The molecule has 3 aromatic heterocycles. The minimum Gasteiger partial charge on any atom is -0.293 e. The Kier molecular flexibility index (Phi) is 3.96. The predicted molar refractivity (Wildman–Crippen MR) is 123 cm³/mol. The van der Waals surface area contributed by atoms with Crippen LogP contribution in [0.2, 0.25) is 0 Å². The monoisotopic (exact) mass is 409 g/mol. The highest BCUT2D eigenvalue weighted by molar-refractivity contribution is 6.05. The predicted octanol–water partition coefficient (Wildman–Crippen LogP) is 5.02. The molecular weight excluding hydrogens is 386 g/mol. The molecule has 1 aliphatic carbocycles. The van der Waals surface area contributed by atoms with Crippen LogP contribution in [-0.4, -0.2) is 24.1 Å². The van der Waals surface area contributed by atoms with Gasteiger partial charge in [0.1, 0.15) is 16.7 Å². The average Bonchev–Trinajstić information content (AvgIpc) is 3.38. The van der Waals surface area contributed by atoms with Crippen LogP contribution in [0.3, 0.4) is 0 Å². The van der Waals surface area contributed by atoms with Crippen molar-refractivity contribution >= 4 is 33.2 Å². The van der Waals surface area contributed by atoms with Crippen molar-refractivity contribution in [3.8, 4) is 5.69 Å². The molecule has 6 nitrogen and oxygen atoms in total. The van der Waals surface area contributed by atoms with Crippen molar-refractivity contribution in [2.24, 2.45) is 0 Å². The van der Waals surface area contributed by atoms with E-state index in [2.05, 4.69) is 19.1 Å². The first-order chi connectivity index (χ1) is 15.1. The topological polar surface area (TPSA) is 65.6 Å². The Morgan fingerprint density at radius 1 is 0.871 bits per heavy atom. The number of benzene rings is 2. The summed E-state index contributed by atoms with van der Waals surface area (Å²) in [6, 6.07) is 16.2. The van der Waals surface area contributed by atoms with E-state index in [0.29, 0.717) is 22.2 Å². The molecule has 1 saturated carbocycles. The Hall–Kier alpha value is -3.54. The summed E-state index contributed by atoms with van der Waals surface area (Å²) in [7, 11) is 0. The van der Waals surface area contributed by atoms with Crippen molar-refractivity contribution in [1.82, 2.24) is 24.1 Å². The fourth-order valence-corrected chi connectivity index (χ4v) is 5.01. The normalized spacial score (nSPS) is 14.9. The summed E-state index contributed by atoms with van der Waals surface area (Å²) in [6.45, 7) is 4.00. The number of hydrogen-bond acceptors (Lipinski definition) is 4. The number of nitrogens with zero attached hydrogens (tertiary/aromatic N) is 5. The summed E-state index contributed by atoms with van der Waals surface area (Å²) in [5.74, 6) is 0.755. The highest BCUT2D eigenvalue weighted by atomic mass is 16.1. The quantitative estimate of drug-likeness (QED) is 0.411. The molecule has 0 N–H and O–H groups in total. The number of hydrogen-bond donors (Lipinski definition) is 0. The fourth-order valence-electron chi connectivity index (χ4n) is 5.01. The Morgan fingerprint density at radius 2 is 1.61 bits per heavy atom. The Balaban J connectivity index is 1.80. The zero-order valence-electron chi connectivity index (χ0n) is 17.7. The van der Waals surface area contributed by atoms with Gasteiger partial charge < -0.3 is 0 Å². The molecular formula is C25H23N5O. The number of rotatable bonds is 2.